The van der Waals surface area contributed by atoms with Crippen LogP contribution >= 0.6 is 0 Å². The zero-order valence-electron chi connectivity index (χ0n) is 12.9. The monoisotopic (exact) mass is 313 g/mol. The molecule has 1 unspecified atom stereocenters. The highest BCUT2D eigenvalue weighted by atomic mass is 16.4. The van der Waals surface area contributed by atoms with E-state index in [4.69, 9.17) is 9.52 Å². The Morgan fingerprint density at radius 3 is 2.70 bits per heavy atom. The third-order valence-electron chi connectivity index (χ3n) is 4.10. The molecule has 0 aliphatic heterocycles. The van der Waals surface area contributed by atoms with Gasteiger partial charge in [-0.25, -0.2) is 0 Å². The van der Waals surface area contributed by atoms with E-state index in [1.54, 1.807) is 30.4 Å². The lowest BCUT2D eigenvalue weighted by Gasteiger charge is -2.24. The summed E-state index contributed by atoms with van der Waals surface area (Å²) in [6.07, 6.45) is 5.11. The zero-order valence-corrected chi connectivity index (χ0v) is 12.9. The maximum Gasteiger partial charge on any atom is 0.308 e. The average molecular weight is 313 g/mol. The van der Waals surface area contributed by atoms with Gasteiger partial charge in [-0.3, -0.25) is 9.59 Å². The van der Waals surface area contributed by atoms with E-state index in [0.29, 0.717) is 5.56 Å². The van der Waals surface area contributed by atoms with Gasteiger partial charge in [-0.15, -0.1) is 0 Å². The Kier molecular flexibility index (Phi) is 4.19. The number of aliphatic carboxylic acids is 1. The molecule has 5 nitrogen and oxygen atoms in total. The van der Waals surface area contributed by atoms with Gasteiger partial charge in [-0.05, 0) is 36.6 Å². The summed E-state index contributed by atoms with van der Waals surface area (Å²) < 4.78 is 5.08. The fourth-order valence-electron chi connectivity index (χ4n) is 2.58. The van der Waals surface area contributed by atoms with E-state index in [2.05, 4.69) is 0 Å². The molecule has 1 fully saturated rings. The van der Waals surface area contributed by atoms with Crippen LogP contribution in [0.2, 0.25) is 0 Å². The molecule has 3 rings (SSSR count). The van der Waals surface area contributed by atoms with E-state index < -0.39 is 11.9 Å². The second kappa shape index (κ2) is 6.28. The first kappa shape index (κ1) is 15.3. The van der Waals surface area contributed by atoms with Crippen molar-refractivity contribution in [1.29, 1.82) is 0 Å². The summed E-state index contributed by atoms with van der Waals surface area (Å²) in [7, 11) is 0. The smallest absolute Gasteiger partial charge is 0.308 e. The van der Waals surface area contributed by atoms with E-state index in [1.807, 2.05) is 24.3 Å². The quantitative estimate of drug-likeness (QED) is 0.888. The number of furan rings is 1. The molecule has 0 bridgehead atoms. The Morgan fingerprint density at radius 1 is 1.30 bits per heavy atom. The van der Waals surface area contributed by atoms with Gasteiger partial charge in [0.15, 0.2) is 0 Å². The molecule has 0 radical (unpaired) electrons. The number of carboxylic acid groups (broad SMARTS) is 1. The number of carboxylic acids is 1. The molecule has 1 aromatic heterocycles. The highest BCUT2D eigenvalue weighted by Gasteiger charge is 2.34. The maximum atomic E-state index is 12.8. The molecule has 1 aliphatic rings. The third-order valence-corrected chi connectivity index (χ3v) is 4.10. The summed E-state index contributed by atoms with van der Waals surface area (Å²) in [5.74, 6) is -1.56. The van der Waals surface area contributed by atoms with Crippen molar-refractivity contribution in [3.05, 3.63) is 48.4 Å². The second-order valence-electron chi connectivity index (χ2n) is 6.02. The van der Waals surface area contributed by atoms with Crippen molar-refractivity contribution >= 4 is 11.9 Å². The van der Waals surface area contributed by atoms with Crippen LogP contribution in [0.1, 0.15) is 30.1 Å². The first-order valence-corrected chi connectivity index (χ1v) is 7.72. The minimum atomic E-state index is -0.879. The van der Waals surface area contributed by atoms with E-state index in [-0.39, 0.29) is 18.5 Å². The van der Waals surface area contributed by atoms with Crippen molar-refractivity contribution in [1.82, 2.24) is 4.90 Å². The van der Waals surface area contributed by atoms with Gasteiger partial charge >= 0.3 is 5.97 Å². The normalized spacial score (nSPS) is 15.2. The lowest BCUT2D eigenvalue weighted by molar-refractivity contribution is -0.141. The topological polar surface area (TPSA) is 70.8 Å². The van der Waals surface area contributed by atoms with Gasteiger partial charge < -0.3 is 14.4 Å². The van der Waals surface area contributed by atoms with Crippen LogP contribution in [0, 0.1) is 5.92 Å². The minimum absolute atomic E-state index is 0.106. The van der Waals surface area contributed by atoms with Gasteiger partial charge in [0.1, 0.15) is 0 Å². The average Bonchev–Trinajstić information content (AvgIpc) is 3.24. The first-order chi connectivity index (χ1) is 11.1. The van der Waals surface area contributed by atoms with E-state index in [0.717, 1.165) is 24.0 Å². The predicted octanol–water partition coefficient (Wildman–Crippen LogP) is 3.27. The molecular weight excluding hydrogens is 294 g/mol. The van der Waals surface area contributed by atoms with Crippen molar-refractivity contribution in [2.75, 3.05) is 6.54 Å². The standard InChI is InChI=1S/C18H19NO4/c1-12(18(21)22)10-19(16-5-6-16)17(20)14-4-2-3-13(9-14)15-7-8-23-11-15/h2-4,7-9,11-12,16H,5-6,10H2,1H3,(H,21,22). The van der Waals surface area contributed by atoms with Crippen molar-refractivity contribution in [3.8, 4) is 11.1 Å². The molecule has 1 N–H and O–H groups in total. The van der Waals surface area contributed by atoms with Crippen molar-refractivity contribution in [3.63, 3.8) is 0 Å². The molecule has 23 heavy (non-hydrogen) atoms. The Bertz CT molecular complexity index is 704. The van der Waals surface area contributed by atoms with Crippen LogP contribution in [0.5, 0.6) is 0 Å². The van der Waals surface area contributed by atoms with Crippen LogP contribution in [0.25, 0.3) is 11.1 Å². The SMILES string of the molecule is CC(CN(C(=O)c1cccc(-c2ccoc2)c1)C1CC1)C(=O)O. The van der Waals surface area contributed by atoms with Gasteiger partial charge in [0.2, 0.25) is 0 Å². The van der Waals surface area contributed by atoms with Gasteiger partial charge in [0, 0.05) is 23.7 Å². The molecule has 1 aromatic carbocycles. The molecule has 1 amide bonds. The van der Waals surface area contributed by atoms with Gasteiger partial charge in [0.05, 0.1) is 18.4 Å². The summed E-state index contributed by atoms with van der Waals surface area (Å²) in [4.78, 5) is 25.6. The maximum absolute atomic E-state index is 12.8. The molecular formula is C18H19NO4. The van der Waals surface area contributed by atoms with Crippen LogP contribution in [0.3, 0.4) is 0 Å². The van der Waals surface area contributed by atoms with Crippen LogP contribution < -0.4 is 0 Å². The number of amides is 1. The van der Waals surface area contributed by atoms with Crippen molar-refractivity contribution in [2.24, 2.45) is 5.92 Å². The van der Waals surface area contributed by atoms with Crippen LogP contribution in [0.4, 0.5) is 0 Å². The first-order valence-electron chi connectivity index (χ1n) is 7.72. The van der Waals surface area contributed by atoms with Crippen molar-refractivity contribution in [2.45, 2.75) is 25.8 Å². The largest absolute Gasteiger partial charge is 0.481 e. The van der Waals surface area contributed by atoms with Gasteiger partial charge in [0.25, 0.3) is 5.91 Å². The second-order valence-corrected chi connectivity index (χ2v) is 6.02. The summed E-state index contributed by atoms with van der Waals surface area (Å²) >= 11 is 0. The molecule has 1 heterocycles. The zero-order chi connectivity index (χ0) is 16.4. The molecule has 1 saturated carbocycles. The highest BCUT2D eigenvalue weighted by Crippen LogP contribution is 2.30. The number of nitrogens with zero attached hydrogens (tertiary/aromatic N) is 1. The molecule has 0 saturated heterocycles. The number of hydrogen-bond acceptors (Lipinski definition) is 3. The van der Waals surface area contributed by atoms with Gasteiger partial charge in [-0.2, -0.15) is 0 Å². The Balaban J connectivity index is 1.83. The molecule has 1 aliphatic carbocycles. The lowest BCUT2D eigenvalue weighted by Crippen LogP contribution is -2.38. The summed E-state index contributed by atoms with van der Waals surface area (Å²) in [5.41, 5.74) is 2.40. The van der Waals surface area contributed by atoms with E-state index >= 15 is 0 Å². The van der Waals surface area contributed by atoms with Crippen LogP contribution in [0.15, 0.2) is 47.3 Å². The molecule has 1 atom stereocenters. The number of benzene rings is 1. The molecule has 0 spiro atoms. The number of hydrogen-bond donors (Lipinski definition) is 1. The Hall–Kier alpha value is -2.56. The lowest BCUT2D eigenvalue weighted by atomic mass is 10.0. The molecule has 2 aromatic rings. The number of rotatable bonds is 6. The molecule has 120 valence electrons. The number of carbonyl (C=O) groups excluding carboxylic acids is 1. The van der Waals surface area contributed by atoms with Crippen molar-refractivity contribution < 1.29 is 19.1 Å². The Labute approximate surface area is 134 Å². The predicted molar refractivity (Wildman–Crippen MR) is 85.0 cm³/mol. The highest BCUT2D eigenvalue weighted by molar-refractivity contribution is 5.96. The van der Waals surface area contributed by atoms with Crippen LogP contribution in [-0.4, -0.2) is 34.5 Å². The van der Waals surface area contributed by atoms with E-state index in [9.17, 15) is 9.59 Å². The molecule has 5 heteroatoms. The summed E-state index contributed by atoms with van der Waals surface area (Å²) in [6, 6.07) is 9.36. The third kappa shape index (κ3) is 3.44. The minimum Gasteiger partial charge on any atom is -0.481 e. The number of carbonyl (C=O) groups is 2. The summed E-state index contributed by atoms with van der Waals surface area (Å²) in [6.45, 7) is 1.88. The Morgan fingerprint density at radius 2 is 2.09 bits per heavy atom. The van der Waals surface area contributed by atoms with Crippen LogP contribution in [-0.2, 0) is 4.79 Å². The summed E-state index contributed by atoms with van der Waals surface area (Å²) in [5, 5.41) is 9.11. The van der Waals surface area contributed by atoms with Gasteiger partial charge in [-0.1, -0.05) is 19.1 Å². The fourth-order valence-corrected chi connectivity index (χ4v) is 2.58. The van der Waals surface area contributed by atoms with E-state index in [1.165, 1.54) is 0 Å². The fraction of sp³-hybridized carbons (Fsp3) is 0.333.